The quantitative estimate of drug-likeness (QED) is 0.838. The highest BCUT2D eigenvalue weighted by Gasteiger charge is 2.25. The van der Waals surface area contributed by atoms with Crippen molar-refractivity contribution in [3.63, 3.8) is 0 Å². The highest BCUT2D eigenvalue weighted by atomic mass is 16.5. The summed E-state index contributed by atoms with van der Waals surface area (Å²) in [6.07, 6.45) is 5.08. The van der Waals surface area contributed by atoms with Crippen LogP contribution in [0, 0.1) is 5.92 Å². The molecule has 0 aliphatic carbocycles. The molecule has 7 heteroatoms. The molecule has 0 saturated carbocycles. The van der Waals surface area contributed by atoms with Crippen LogP contribution in [0.1, 0.15) is 43.5 Å². The van der Waals surface area contributed by atoms with E-state index in [2.05, 4.69) is 29.1 Å². The Kier molecular flexibility index (Phi) is 5.08. The van der Waals surface area contributed by atoms with Gasteiger partial charge in [-0.2, -0.15) is 0 Å². The van der Waals surface area contributed by atoms with Crippen LogP contribution >= 0.6 is 0 Å². The first-order chi connectivity index (χ1) is 11.5. The fourth-order valence-electron chi connectivity index (χ4n) is 3.06. The normalized spacial score (nSPS) is 18.5. The lowest BCUT2D eigenvalue weighted by molar-refractivity contribution is -0.0260. The van der Waals surface area contributed by atoms with Crippen LogP contribution in [-0.2, 0) is 11.8 Å². The number of aromatic nitrogens is 4. The van der Waals surface area contributed by atoms with E-state index in [1.807, 2.05) is 4.90 Å². The summed E-state index contributed by atoms with van der Waals surface area (Å²) in [5, 5.41) is 7.96. The van der Waals surface area contributed by atoms with Gasteiger partial charge in [-0.15, -0.1) is 5.10 Å². The molecule has 0 N–H and O–H groups in total. The van der Waals surface area contributed by atoms with E-state index in [4.69, 9.17) is 4.74 Å². The van der Waals surface area contributed by atoms with Crippen LogP contribution in [0.25, 0.3) is 11.2 Å². The van der Waals surface area contributed by atoms with E-state index in [0.29, 0.717) is 42.3 Å². The molecule has 0 unspecified atom stereocenters. The summed E-state index contributed by atoms with van der Waals surface area (Å²) in [6.45, 7) is 6.33. The van der Waals surface area contributed by atoms with Gasteiger partial charge >= 0.3 is 0 Å². The maximum Gasteiger partial charge on any atom is 0.255 e. The zero-order valence-electron chi connectivity index (χ0n) is 14.6. The van der Waals surface area contributed by atoms with Gasteiger partial charge in [0, 0.05) is 26.3 Å². The van der Waals surface area contributed by atoms with Gasteiger partial charge in [0.15, 0.2) is 5.65 Å². The van der Waals surface area contributed by atoms with Crippen molar-refractivity contribution in [2.45, 2.75) is 39.2 Å². The number of rotatable bonds is 5. The third-order valence-corrected chi connectivity index (χ3v) is 4.42. The Balaban J connectivity index is 1.64. The molecule has 3 heterocycles. The summed E-state index contributed by atoms with van der Waals surface area (Å²) >= 11 is 0. The Morgan fingerprint density at radius 1 is 1.46 bits per heavy atom. The molecule has 3 rings (SSSR count). The third-order valence-electron chi connectivity index (χ3n) is 4.42. The summed E-state index contributed by atoms with van der Waals surface area (Å²) in [7, 11) is 1.79. The number of hydrogen-bond donors (Lipinski definition) is 0. The summed E-state index contributed by atoms with van der Waals surface area (Å²) in [6, 6.07) is 1.76. The van der Waals surface area contributed by atoms with Gasteiger partial charge in [0.25, 0.3) is 5.91 Å². The van der Waals surface area contributed by atoms with E-state index in [-0.39, 0.29) is 12.0 Å². The van der Waals surface area contributed by atoms with Gasteiger partial charge in [0.05, 0.1) is 18.3 Å². The molecule has 2 aromatic heterocycles. The van der Waals surface area contributed by atoms with Crippen molar-refractivity contribution in [1.82, 2.24) is 24.9 Å². The van der Waals surface area contributed by atoms with Crippen LogP contribution < -0.4 is 0 Å². The lowest BCUT2D eigenvalue weighted by Crippen LogP contribution is -2.45. The minimum Gasteiger partial charge on any atom is -0.375 e. The van der Waals surface area contributed by atoms with Gasteiger partial charge < -0.3 is 9.64 Å². The van der Waals surface area contributed by atoms with E-state index in [1.54, 1.807) is 24.0 Å². The Morgan fingerprint density at radius 2 is 2.29 bits per heavy atom. The van der Waals surface area contributed by atoms with Crippen molar-refractivity contribution in [3.05, 3.63) is 17.8 Å². The molecule has 1 aliphatic rings. The molecule has 0 spiro atoms. The predicted molar refractivity (Wildman–Crippen MR) is 90.6 cm³/mol. The fraction of sp³-hybridized carbons (Fsp3) is 0.647. The zero-order chi connectivity index (χ0) is 17.1. The Hall–Kier alpha value is -2.02. The number of aryl methyl sites for hydroxylation is 1. The van der Waals surface area contributed by atoms with Crippen LogP contribution in [0.2, 0.25) is 0 Å². The number of fused-ring (bicyclic) bond motifs is 1. The first-order valence-electron chi connectivity index (χ1n) is 8.61. The molecule has 0 bridgehead atoms. The molecule has 130 valence electrons. The zero-order valence-corrected chi connectivity index (χ0v) is 14.6. The minimum absolute atomic E-state index is 0.00721. The van der Waals surface area contributed by atoms with Crippen molar-refractivity contribution < 1.29 is 9.53 Å². The van der Waals surface area contributed by atoms with Crippen molar-refractivity contribution in [1.29, 1.82) is 0 Å². The monoisotopic (exact) mass is 331 g/mol. The summed E-state index contributed by atoms with van der Waals surface area (Å²) < 4.78 is 7.41. The summed E-state index contributed by atoms with van der Waals surface area (Å²) in [5.41, 5.74) is 1.89. The molecule has 7 nitrogen and oxygen atoms in total. The molecule has 2 aromatic rings. The molecule has 0 aromatic carbocycles. The van der Waals surface area contributed by atoms with Crippen LogP contribution in [0.15, 0.2) is 12.3 Å². The molecule has 1 fully saturated rings. The standard InChI is InChI=1S/C17H25N5O2/c1-12(2)5-4-6-14-11-22(7-8-24-14)17(23)13-9-15-16(18-10-13)21(3)20-19-15/h9-10,12,14H,4-8,11H2,1-3H3/t14-/m0/s1. The van der Waals surface area contributed by atoms with Gasteiger partial charge in [-0.1, -0.05) is 31.9 Å². The molecule has 1 atom stereocenters. The summed E-state index contributed by atoms with van der Waals surface area (Å²) in [4.78, 5) is 18.9. The van der Waals surface area contributed by atoms with Crippen LogP contribution in [0.3, 0.4) is 0 Å². The molecule has 1 saturated heterocycles. The number of nitrogens with zero attached hydrogens (tertiary/aromatic N) is 5. The van der Waals surface area contributed by atoms with Gasteiger partial charge in [0.1, 0.15) is 5.52 Å². The SMILES string of the molecule is CC(C)CCC[C@H]1CN(C(=O)c2cnc3c(c2)nnn3C)CCO1. The molecular formula is C17H25N5O2. The van der Waals surface area contributed by atoms with Gasteiger partial charge in [-0.25, -0.2) is 9.67 Å². The second-order valence-electron chi connectivity index (χ2n) is 6.85. The Morgan fingerprint density at radius 3 is 3.08 bits per heavy atom. The van der Waals surface area contributed by atoms with Crippen LogP contribution in [0.4, 0.5) is 0 Å². The smallest absolute Gasteiger partial charge is 0.255 e. The Bertz CT molecular complexity index is 712. The van der Waals surface area contributed by atoms with E-state index in [1.165, 1.54) is 6.42 Å². The first kappa shape index (κ1) is 16.8. The van der Waals surface area contributed by atoms with E-state index in [0.717, 1.165) is 12.8 Å². The highest BCUT2D eigenvalue weighted by molar-refractivity contribution is 5.96. The number of carbonyl (C=O) groups excluding carboxylic acids is 1. The third kappa shape index (κ3) is 3.72. The first-order valence-corrected chi connectivity index (χ1v) is 8.61. The molecular weight excluding hydrogens is 306 g/mol. The lowest BCUT2D eigenvalue weighted by Gasteiger charge is -2.33. The number of carbonyl (C=O) groups is 1. The van der Waals surface area contributed by atoms with Crippen LogP contribution in [0.5, 0.6) is 0 Å². The molecule has 1 aliphatic heterocycles. The lowest BCUT2D eigenvalue weighted by atomic mass is 10.0. The molecule has 24 heavy (non-hydrogen) atoms. The second-order valence-corrected chi connectivity index (χ2v) is 6.85. The predicted octanol–water partition coefficient (Wildman–Crippen LogP) is 2.03. The van der Waals surface area contributed by atoms with Crippen molar-refractivity contribution >= 4 is 17.1 Å². The number of pyridine rings is 1. The summed E-state index contributed by atoms with van der Waals surface area (Å²) in [5.74, 6) is 0.698. The largest absolute Gasteiger partial charge is 0.375 e. The van der Waals surface area contributed by atoms with Gasteiger partial charge in [-0.3, -0.25) is 4.79 Å². The number of morpholine rings is 1. The van der Waals surface area contributed by atoms with Gasteiger partial charge in [-0.05, 0) is 18.4 Å². The number of hydrogen-bond acceptors (Lipinski definition) is 5. The van der Waals surface area contributed by atoms with E-state index < -0.39 is 0 Å². The maximum absolute atomic E-state index is 12.8. The van der Waals surface area contributed by atoms with Crippen LogP contribution in [-0.4, -0.2) is 56.6 Å². The Labute approximate surface area is 142 Å². The van der Waals surface area contributed by atoms with E-state index >= 15 is 0 Å². The van der Waals surface area contributed by atoms with E-state index in [9.17, 15) is 4.79 Å². The average Bonchev–Trinajstić information content (AvgIpc) is 2.95. The van der Waals surface area contributed by atoms with Crippen molar-refractivity contribution in [3.8, 4) is 0 Å². The minimum atomic E-state index is -0.00721. The fourth-order valence-corrected chi connectivity index (χ4v) is 3.06. The molecule has 0 radical (unpaired) electrons. The number of amides is 1. The highest BCUT2D eigenvalue weighted by Crippen LogP contribution is 2.17. The average molecular weight is 331 g/mol. The topological polar surface area (TPSA) is 73.1 Å². The second kappa shape index (κ2) is 7.25. The molecule has 1 amide bonds. The number of ether oxygens (including phenoxy) is 1. The van der Waals surface area contributed by atoms with Crippen molar-refractivity contribution in [2.75, 3.05) is 19.7 Å². The van der Waals surface area contributed by atoms with Crippen molar-refractivity contribution in [2.24, 2.45) is 13.0 Å². The maximum atomic E-state index is 12.8. The van der Waals surface area contributed by atoms with Gasteiger partial charge in [0.2, 0.25) is 0 Å².